The van der Waals surface area contributed by atoms with Gasteiger partial charge >= 0.3 is 0 Å². The van der Waals surface area contributed by atoms with E-state index < -0.39 is 0 Å². The second-order valence-electron chi connectivity index (χ2n) is 4.02. The summed E-state index contributed by atoms with van der Waals surface area (Å²) in [6.45, 7) is 4.42. The number of imidazole rings is 1. The normalized spacial score (nSPS) is 12.4. The molecule has 0 radical (unpaired) electrons. The van der Waals surface area contributed by atoms with E-state index in [2.05, 4.69) is 10.3 Å². The smallest absolute Gasteiger partial charge is 0.255 e. The lowest BCUT2D eigenvalue weighted by atomic mass is 10.2. The number of carbonyl (C=O) groups excluding carboxylic acids is 1. The van der Waals surface area contributed by atoms with Crippen LogP contribution in [-0.2, 0) is 6.54 Å². The lowest BCUT2D eigenvalue weighted by molar-refractivity contribution is 0.0935. The monoisotopic (exact) mass is 233 g/mol. The zero-order chi connectivity index (χ0) is 12.3. The molecule has 0 aromatic carbocycles. The van der Waals surface area contributed by atoms with Crippen molar-refractivity contribution in [2.75, 3.05) is 0 Å². The Hall–Kier alpha value is -2.04. The van der Waals surface area contributed by atoms with Crippen LogP contribution in [0.15, 0.2) is 35.5 Å². The molecule has 1 N–H and O–H groups in total. The third-order valence-electron chi connectivity index (χ3n) is 2.52. The van der Waals surface area contributed by atoms with Crippen LogP contribution in [0.5, 0.6) is 0 Å². The molecule has 0 saturated heterocycles. The number of nitrogens with one attached hydrogen (secondary N) is 1. The minimum atomic E-state index is -0.108. The Balaban J connectivity index is 1.93. The molecule has 17 heavy (non-hydrogen) atoms. The van der Waals surface area contributed by atoms with Crippen molar-refractivity contribution in [3.05, 3.63) is 42.4 Å². The minimum absolute atomic E-state index is 0.0333. The summed E-state index contributed by atoms with van der Waals surface area (Å²) in [6, 6.07) is 1.71. The van der Waals surface area contributed by atoms with Gasteiger partial charge in [0.2, 0.25) is 0 Å². The number of furan rings is 1. The molecule has 2 aromatic heterocycles. The van der Waals surface area contributed by atoms with Gasteiger partial charge in [-0.3, -0.25) is 4.79 Å². The van der Waals surface area contributed by atoms with Crippen molar-refractivity contribution in [3.63, 3.8) is 0 Å². The molecule has 1 atom stereocenters. The van der Waals surface area contributed by atoms with Crippen molar-refractivity contribution in [2.24, 2.45) is 0 Å². The molecule has 0 fully saturated rings. The van der Waals surface area contributed by atoms with Gasteiger partial charge in [0.1, 0.15) is 5.76 Å². The van der Waals surface area contributed by atoms with E-state index >= 15 is 0 Å². The highest BCUT2D eigenvalue weighted by atomic mass is 16.3. The van der Waals surface area contributed by atoms with Crippen LogP contribution in [0.25, 0.3) is 0 Å². The Morgan fingerprint density at radius 1 is 1.65 bits per heavy atom. The number of hydrogen-bond acceptors (Lipinski definition) is 3. The Kier molecular flexibility index (Phi) is 3.27. The topological polar surface area (TPSA) is 60.1 Å². The van der Waals surface area contributed by atoms with Crippen LogP contribution >= 0.6 is 0 Å². The average Bonchev–Trinajstić information content (AvgIpc) is 2.88. The van der Waals surface area contributed by atoms with Crippen molar-refractivity contribution >= 4 is 5.91 Å². The van der Waals surface area contributed by atoms with Gasteiger partial charge in [-0.15, -0.1) is 0 Å². The summed E-state index contributed by atoms with van der Waals surface area (Å²) in [7, 11) is 0. The fourth-order valence-corrected chi connectivity index (χ4v) is 1.68. The van der Waals surface area contributed by atoms with Crippen LogP contribution < -0.4 is 5.32 Å². The molecule has 5 nitrogen and oxygen atoms in total. The van der Waals surface area contributed by atoms with Gasteiger partial charge in [0.15, 0.2) is 0 Å². The Morgan fingerprint density at radius 2 is 2.47 bits per heavy atom. The third-order valence-corrected chi connectivity index (χ3v) is 2.52. The maximum atomic E-state index is 11.9. The number of nitrogens with zero attached hydrogens (tertiary/aromatic N) is 2. The molecule has 0 spiro atoms. The van der Waals surface area contributed by atoms with Gasteiger partial charge in [0.25, 0.3) is 5.91 Å². The van der Waals surface area contributed by atoms with Crippen LogP contribution in [0.1, 0.15) is 23.0 Å². The SMILES string of the molecule is Cc1occc1C(=O)NC(C)Cn1ccnc1. The number of hydrogen-bond donors (Lipinski definition) is 1. The molecule has 2 rings (SSSR count). The summed E-state index contributed by atoms with van der Waals surface area (Å²) in [5.74, 6) is 0.529. The molecule has 0 saturated carbocycles. The second kappa shape index (κ2) is 4.86. The molecular weight excluding hydrogens is 218 g/mol. The van der Waals surface area contributed by atoms with E-state index in [4.69, 9.17) is 4.42 Å². The fourth-order valence-electron chi connectivity index (χ4n) is 1.68. The van der Waals surface area contributed by atoms with Crippen LogP contribution in [0.4, 0.5) is 0 Å². The van der Waals surface area contributed by atoms with Gasteiger partial charge < -0.3 is 14.3 Å². The lowest BCUT2D eigenvalue weighted by Crippen LogP contribution is -2.35. The van der Waals surface area contributed by atoms with E-state index in [1.165, 1.54) is 6.26 Å². The number of aromatic nitrogens is 2. The van der Waals surface area contributed by atoms with E-state index in [0.29, 0.717) is 17.9 Å². The van der Waals surface area contributed by atoms with Gasteiger partial charge in [-0.2, -0.15) is 0 Å². The van der Waals surface area contributed by atoms with Crippen molar-refractivity contribution in [1.82, 2.24) is 14.9 Å². The van der Waals surface area contributed by atoms with E-state index in [9.17, 15) is 4.79 Å². The Bertz CT molecular complexity index is 488. The summed E-state index contributed by atoms with van der Waals surface area (Å²) in [5.41, 5.74) is 0.586. The highest BCUT2D eigenvalue weighted by molar-refractivity contribution is 5.95. The molecule has 0 bridgehead atoms. The first-order chi connectivity index (χ1) is 8.16. The molecule has 5 heteroatoms. The molecule has 90 valence electrons. The van der Waals surface area contributed by atoms with Crippen molar-refractivity contribution in [2.45, 2.75) is 26.4 Å². The van der Waals surface area contributed by atoms with Gasteiger partial charge in [-0.1, -0.05) is 0 Å². The number of amides is 1. The molecule has 2 aromatic rings. The summed E-state index contributed by atoms with van der Waals surface area (Å²) < 4.78 is 7.02. The molecular formula is C12H15N3O2. The third kappa shape index (κ3) is 2.75. The Morgan fingerprint density at radius 3 is 3.06 bits per heavy atom. The van der Waals surface area contributed by atoms with Gasteiger partial charge in [-0.05, 0) is 19.9 Å². The first-order valence-corrected chi connectivity index (χ1v) is 5.47. The largest absolute Gasteiger partial charge is 0.469 e. The number of carbonyl (C=O) groups is 1. The zero-order valence-corrected chi connectivity index (χ0v) is 9.88. The molecule has 0 aliphatic heterocycles. The lowest BCUT2D eigenvalue weighted by Gasteiger charge is -2.13. The van der Waals surface area contributed by atoms with Crippen LogP contribution in [0.3, 0.4) is 0 Å². The zero-order valence-electron chi connectivity index (χ0n) is 9.88. The van der Waals surface area contributed by atoms with Crippen LogP contribution in [0, 0.1) is 6.92 Å². The predicted molar refractivity (Wildman–Crippen MR) is 62.6 cm³/mol. The minimum Gasteiger partial charge on any atom is -0.469 e. The van der Waals surface area contributed by atoms with Crippen molar-refractivity contribution in [1.29, 1.82) is 0 Å². The van der Waals surface area contributed by atoms with Crippen molar-refractivity contribution in [3.8, 4) is 0 Å². The van der Waals surface area contributed by atoms with E-state index in [1.807, 2.05) is 17.7 Å². The molecule has 2 heterocycles. The molecule has 1 unspecified atom stereocenters. The average molecular weight is 233 g/mol. The maximum absolute atomic E-state index is 11.9. The fraction of sp³-hybridized carbons (Fsp3) is 0.333. The van der Waals surface area contributed by atoms with Gasteiger partial charge in [-0.25, -0.2) is 4.98 Å². The molecule has 0 aliphatic carbocycles. The first kappa shape index (κ1) is 11.4. The highest BCUT2D eigenvalue weighted by Crippen LogP contribution is 2.08. The number of aryl methyl sites for hydroxylation is 1. The van der Waals surface area contributed by atoms with E-state index in [1.54, 1.807) is 25.5 Å². The van der Waals surface area contributed by atoms with Gasteiger partial charge in [0.05, 0.1) is 18.2 Å². The first-order valence-electron chi connectivity index (χ1n) is 5.47. The van der Waals surface area contributed by atoms with E-state index in [-0.39, 0.29) is 11.9 Å². The summed E-state index contributed by atoms with van der Waals surface area (Å²) >= 11 is 0. The number of rotatable bonds is 4. The van der Waals surface area contributed by atoms with Crippen LogP contribution in [-0.4, -0.2) is 21.5 Å². The second-order valence-corrected chi connectivity index (χ2v) is 4.02. The quantitative estimate of drug-likeness (QED) is 0.872. The van der Waals surface area contributed by atoms with Crippen LogP contribution in [0.2, 0.25) is 0 Å². The summed E-state index contributed by atoms with van der Waals surface area (Å²) in [5, 5.41) is 2.91. The maximum Gasteiger partial charge on any atom is 0.255 e. The molecule has 1 amide bonds. The molecule has 0 aliphatic rings. The summed E-state index contributed by atoms with van der Waals surface area (Å²) in [4.78, 5) is 15.8. The standard InChI is InChI=1S/C12H15N3O2/c1-9(7-15-5-4-13-8-15)14-12(16)11-3-6-17-10(11)2/h3-6,8-9H,7H2,1-2H3,(H,14,16). The predicted octanol–water partition coefficient (Wildman–Crippen LogP) is 1.60. The Labute approximate surface area is 99.5 Å². The van der Waals surface area contributed by atoms with E-state index in [0.717, 1.165) is 0 Å². The van der Waals surface area contributed by atoms with Crippen molar-refractivity contribution < 1.29 is 9.21 Å². The summed E-state index contributed by atoms with van der Waals surface area (Å²) in [6.07, 6.45) is 6.83. The highest BCUT2D eigenvalue weighted by Gasteiger charge is 2.13. The van der Waals surface area contributed by atoms with Gasteiger partial charge in [0, 0.05) is 25.0 Å².